The lowest BCUT2D eigenvalue weighted by molar-refractivity contribution is -0.385. The van der Waals surface area contributed by atoms with Crippen LogP contribution in [0.1, 0.15) is 16.7 Å². The Kier molecular flexibility index (Phi) is 4.47. The molecule has 1 N–H and O–H groups in total. The van der Waals surface area contributed by atoms with Crippen molar-refractivity contribution >= 4 is 5.69 Å². The zero-order chi connectivity index (χ0) is 14.5. The summed E-state index contributed by atoms with van der Waals surface area (Å²) >= 11 is 0. The molecule has 0 saturated carbocycles. The summed E-state index contributed by atoms with van der Waals surface area (Å²) in [6.07, 6.45) is 4.72. The smallest absolute Gasteiger partial charge is 0.272 e. The van der Waals surface area contributed by atoms with Gasteiger partial charge in [-0.2, -0.15) is 5.10 Å². The Labute approximate surface area is 117 Å². The van der Waals surface area contributed by atoms with Gasteiger partial charge in [0.1, 0.15) is 0 Å². The molecular weight excluding hydrogens is 256 g/mol. The lowest BCUT2D eigenvalue weighted by Crippen LogP contribution is -2.16. The van der Waals surface area contributed by atoms with E-state index in [-0.39, 0.29) is 10.6 Å². The minimum atomic E-state index is -0.339. The second-order valence-electron chi connectivity index (χ2n) is 4.83. The van der Waals surface area contributed by atoms with Crippen molar-refractivity contribution in [1.29, 1.82) is 0 Å². The van der Waals surface area contributed by atoms with E-state index < -0.39 is 0 Å². The number of hydrogen-bond donors (Lipinski definition) is 1. The van der Waals surface area contributed by atoms with Gasteiger partial charge in [0, 0.05) is 31.4 Å². The molecule has 2 rings (SSSR count). The molecule has 0 aliphatic heterocycles. The molecule has 1 heterocycles. The molecule has 1 aromatic carbocycles. The molecule has 1 aromatic heterocycles. The number of nitrogens with zero attached hydrogens (tertiary/aromatic N) is 3. The van der Waals surface area contributed by atoms with Crippen molar-refractivity contribution in [2.75, 3.05) is 6.54 Å². The molecule has 0 amide bonds. The van der Waals surface area contributed by atoms with Crippen molar-refractivity contribution < 1.29 is 4.92 Å². The van der Waals surface area contributed by atoms with E-state index in [0.717, 1.165) is 18.5 Å². The fourth-order valence-corrected chi connectivity index (χ4v) is 2.03. The van der Waals surface area contributed by atoms with Gasteiger partial charge in [-0.25, -0.2) is 0 Å². The Bertz CT molecular complexity index is 607. The van der Waals surface area contributed by atoms with Crippen molar-refractivity contribution in [2.24, 2.45) is 7.05 Å². The first-order valence-corrected chi connectivity index (χ1v) is 6.48. The molecule has 0 radical (unpaired) electrons. The van der Waals surface area contributed by atoms with Crippen molar-refractivity contribution in [3.63, 3.8) is 0 Å². The predicted octanol–water partition coefficient (Wildman–Crippen LogP) is 1.97. The summed E-state index contributed by atoms with van der Waals surface area (Å²) in [4.78, 5) is 10.5. The van der Waals surface area contributed by atoms with Crippen molar-refractivity contribution in [2.45, 2.75) is 19.9 Å². The van der Waals surface area contributed by atoms with Crippen LogP contribution in [0.2, 0.25) is 0 Å². The third-order valence-electron chi connectivity index (χ3n) is 3.15. The topological polar surface area (TPSA) is 73.0 Å². The molecule has 0 saturated heterocycles. The Morgan fingerprint density at radius 1 is 1.40 bits per heavy atom. The molecule has 0 bridgehead atoms. The maximum Gasteiger partial charge on any atom is 0.272 e. The van der Waals surface area contributed by atoms with Crippen LogP contribution in [0.15, 0.2) is 30.6 Å². The minimum absolute atomic E-state index is 0.177. The summed E-state index contributed by atoms with van der Waals surface area (Å²) in [6, 6.07) is 5.34. The van der Waals surface area contributed by atoms with Gasteiger partial charge in [0.05, 0.1) is 11.1 Å². The number of nitro benzene ring substituents is 1. The largest absolute Gasteiger partial charge is 0.312 e. The number of rotatable bonds is 6. The van der Waals surface area contributed by atoms with E-state index in [0.29, 0.717) is 12.1 Å². The number of hydrogen-bond acceptors (Lipinski definition) is 4. The van der Waals surface area contributed by atoms with Crippen LogP contribution < -0.4 is 5.32 Å². The third kappa shape index (κ3) is 3.64. The number of nitrogens with one attached hydrogen (secondary N) is 1. The van der Waals surface area contributed by atoms with Gasteiger partial charge >= 0.3 is 0 Å². The molecule has 2 aromatic rings. The van der Waals surface area contributed by atoms with E-state index in [9.17, 15) is 10.1 Å². The quantitative estimate of drug-likeness (QED) is 0.496. The zero-order valence-electron chi connectivity index (χ0n) is 11.7. The van der Waals surface area contributed by atoms with Gasteiger partial charge in [-0.15, -0.1) is 0 Å². The first-order valence-electron chi connectivity index (χ1n) is 6.48. The first kappa shape index (κ1) is 14.2. The summed E-state index contributed by atoms with van der Waals surface area (Å²) in [7, 11) is 1.89. The standard InChI is InChI=1S/C14H18N4O2/c1-11-3-4-12(7-14(11)18(19)20)8-15-6-5-13-9-16-17(2)10-13/h3-4,7,9-10,15H,5-6,8H2,1-2H3. The average Bonchev–Trinajstić information content (AvgIpc) is 2.82. The monoisotopic (exact) mass is 274 g/mol. The van der Waals surface area contributed by atoms with Crippen LogP contribution in [-0.2, 0) is 20.0 Å². The molecule has 0 fully saturated rings. The van der Waals surface area contributed by atoms with Crippen molar-refractivity contribution in [3.8, 4) is 0 Å². The fraction of sp³-hybridized carbons (Fsp3) is 0.357. The van der Waals surface area contributed by atoms with E-state index in [1.165, 1.54) is 5.56 Å². The second kappa shape index (κ2) is 6.29. The van der Waals surface area contributed by atoms with Crippen molar-refractivity contribution in [1.82, 2.24) is 15.1 Å². The van der Waals surface area contributed by atoms with E-state index in [1.54, 1.807) is 23.7 Å². The van der Waals surface area contributed by atoms with Gasteiger partial charge in [-0.3, -0.25) is 14.8 Å². The lowest BCUT2D eigenvalue weighted by Gasteiger charge is -2.05. The molecule has 0 unspecified atom stereocenters. The highest BCUT2D eigenvalue weighted by molar-refractivity contribution is 5.42. The number of aryl methyl sites for hydroxylation is 2. The van der Waals surface area contributed by atoms with E-state index in [4.69, 9.17) is 0 Å². The van der Waals surface area contributed by atoms with Crippen LogP contribution in [0.4, 0.5) is 5.69 Å². The maximum absolute atomic E-state index is 10.9. The molecule has 0 aliphatic carbocycles. The second-order valence-corrected chi connectivity index (χ2v) is 4.83. The summed E-state index contributed by atoms with van der Waals surface area (Å²) < 4.78 is 1.78. The zero-order valence-corrected chi connectivity index (χ0v) is 11.7. The first-order chi connectivity index (χ1) is 9.56. The van der Waals surface area contributed by atoms with E-state index in [1.807, 2.05) is 25.5 Å². The van der Waals surface area contributed by atoms with Crippen LogP contribution in [0, 0.1) is 17.0 Å². The minimum Gasteiger partial charge on any atom is -0.312 e. The van der Waals surface area contributed by atoms with Crippen LogP contribution in [-0.4, -0.2) is 21.2 Å². The molecule has 6 heteroatoms. The Balaban J connectivity index is 1.85. The van der Waals surface area contributed by atoms with Gasteiger partial charge in [0.2, 0.25) is 0 Å². The highest BCUT2D eigenvalue weighted by Crippen LogP contribution is 2.19. The average molecular weight is 274 g/mol. The van der Waals surface area contributed by atoms with Gasteiger partial charge in [0.15, 0.2) is 0 Å². The van der Waals surface area contributed by atoms with E-state index >= 15 is 0 Å². The van der Waals surface area contributed by atoms with Crippen molar-refractivity contribution in [3.05, 3.63) is 57.4 Å². The summed E-state index contributed by atoms with van der Waals surface area (Å²) in [5, 5.41) is 18.3. The number of aromatic nitrogens is 2. The van der Waals surface area contributed by atoms with Crippen LogP contribution in [0.25, 0.3) is 0 Å². The Morgan fingerprint density at radius 3 is 2.85 bits per heavy atom. The molecule has 20 heavy (non-hydrogen) atoms. The van der Waals surface area contributed by atoms with Crippen LogP contribution >= 0.6 is 0 Å². The van der Waals surface area contributed by atoms with Gasteiger partial charge in [0.25, 0.3) is 5.69 Å². The number of benzene rings is 1. The third-order valence-corrected chi connectivity index (χ3v) is 3.15. The molecule has 6 nitrogen and oxygen atoms in total. The Hall–Kier alpha value is -2.21. The van der Waals surface area contributed by atoms with Gasteiger partial charge < -0.3 is 5.32 Å². The summed E-state index contributed by atoms with van der Waals surface area (Å²) in [5.74, 6) is 0. The predicted molar refractivity (Wildman–Crippen MR) is 76.5 cm³/mol. The summed E-state index contributed by atoms with van der Waals surface area (Å²) in [6.45, 7) is 3.19. The van der Waals surface area contributed by atoms with Crippen LogP contribution in [0.5, 0.6) is 0 Å². The highest BCUT2D eigenvalue weighted by atomic mass is 16.6. The Morgan fingerprint density at radius 2 is 2.20 bits per heavy atom. The molecule has 0 aliphatic rings. The maximum atomic E-state index is 10.9. The normalized spacial score (nSPS) is 10.7. The molecule has 0 atom stereocenters. The lowest BCUT2D eigenvalue weighted by atomic mass is 10.1. The van der Waals surface area contributed by atoms with Crippen LogP contribution in [0.3, 0.4) is 0 Å². The molecule has 0 spiro atoms. The highest BCUT2D eigenvalue weighted by Gasteiger charge is 2.10. The summed E-state index contributed by atoms with van der Waals surface area (Å²) in [5.41, 5.74) is 2.97. The molecule has 106 valence electrons. The fourth-order valence-electron chi connectivity index (χ4n) is 2.03. The van der Waals surface area contributed by atoms with E-state index in [2.05, 4.69) is 10.4 Å². The molecular formula is C14H18N4O2. The number of nitro groups is 1. The van der Waals surface area contributed by atoms with Gasteiger partial charge in [-0.05, 0) is 31.0 Å². The van der Waals surface area contributed by atoms with Gasteiger partial charge in [-0.1, -0.05) is 12.1 Å². The SMILES string of the molecule is Cc1ccc(CNCCc2cnn(C)c2)cc1[N+](=O)[O-].